The van der Waals surface area contributed by atoms with Crippen molar-refractivity contribution in [1.29, 1.82) is 0 Å². The molecule has 104 valence electrons. The summed E-state index contributed by atoms with van der Waals surface area (Å²) in [5, 5.41) is 2.93. The number of nitrogens with zero attached hydrogens (tertiary/aromatic N) is 1. The molecule has 20 heavy (non-hydrogen) atoms. The van der Waals surface area contributed by atoms with Crippen LogP contribution in [0.2, 0.25) is 0 Å². The molecule has 0 saturated heterocycles. The zero-order valence-electron chi connectivity index (χ0n) is 12.2. The van der Waals surface area contributed by atoms with Crippen molar-refractivity contribution in [2.24, 2.45) is 0 Å². The molecule has 1 aromatic carbocycles. The van der Waals surface area contributed by atoms with Gasteiger partial charge < -0.3 is 5.32 Å². The lowest BCUT2D eigenvalue weighted by atomic mass is 9.98. The van der Waals surface area contributed by atoms with Crippen LogP contribution in [0.25, 0.3) is 0 Å². The van der Waals surface area contributed by atoms with Gasteiger partial charge in [0.2, 0.25) is 5.91 Å². The number of pyridine rings is 1. The van der Waals surface area contributed by atoms with Gasteiger partial charge in [-0.1, -0.05) is 18.2 Å². The zero-order valence-corrected chi connectivity index (χ0v) is 12.2. The minimum atomic E-state index is 0.0419. The molecule has 0 bridgehead atoms. The Bertz CT molecular complexity index is 606. The summed E-state index contributed by atoms with van der Waals surface area (Å²) in [6.07, 6.45) is 3.92. The monoisotopic (exact) mass is 268 g/mol. The van der Waals surface area contributed by atoms with Gasteiger partial charge in [0.05, 0.1) is 6.42 Å². The Morgan fingerprint density at radius 3 is 2.60 bits per heavy atom. The Balaban J connectivity index is 1.97. The molecule has 3 nitrogen and oxygen atoms in total. The SMILES string of the molecule is Cc1cc(C)c(CC(=O)NCc2cccnc2)cc1C. The number of carbonyl (C=O) groups is 1. The van der Waals surface area contributed by atoms with Crippen molar-refractivity contribution < 1.29 is 4.79 Å². The molecule has 0 unspecified atom stereocenters. The van der Waals surface area contributed by atoms with Gasteiger partial charge in [0, 0.05) is 18.9 Å². The molecule has 1 amide bonds. The average Bonchev–Trinajstić information content (AvgIpc) is 2.44. The number of amides is 1. The second-order valence-electron chi connectivity index (χ2n) is 5.18. The van der Waals surface area contributed by atoms with Crippen molar-refractivity contribution in [2.75, 3.05) is 0 Å². The average molecular weight is 268 g/mol. The van der Waals surface area contributed by atoms with Gasteiger partial charge in [-0.15, -0.1) is 0 Å². The van der Waals surface area contributed by atoms with Crippen LogP contribution in [0.4, 0.5) is 0 Å². The van der Waals surface area contributed by atoms with E-state index in [-0.39, 0.29) is 5.91 Å². The first-order valence-corrected chi connectivity index (χ1v) is 6.78. The maximum absolute atomic E-state index is 12.0. The van der Waals surface area contributed by atoms with Crippen molar-refractivity contribution in [3.05, 3.63) is 64.5 Å². The van der Waals surface area contributed by atoms with Crippen molar-refractivity contribution in [3.63, 3.8) is 0 Å². The van der Waals surface area contributed by atoms with Crippen LogP contribution < -0.4 is 5.32 Å². The highest BCUT2D eigenvalue weighted by Gasteiger charge is 2.07. The summed E-state index contributed by atoms with van der Waals surface area (Å²) in [5.41, 5.74) is 5.77. The molecular formula is C17H20N2O. The van der Waals surface area contributed by atoms with Gasteiger partial charge in [0.25, 0.3) is 0 Å². The second-order valence-corrected chi connectivity index (χ2v) is 5.18. The number of aryl methyl sites for hydroxylation is 3. The third-order valence-electron chi connectivity index (χ3n) is 3.52. The number of rotatable bonds is 4. The molecule has 0 aliphatic heterocycles. The van der Waals surface area contributed by atoms with Crippen molar-refractivity contribution in [3.8, 4) is 0 Å². The fraction of sp³-hybridized carbons (Fsp3) is 0.294. The quantitative estimate of drug-likeness (QED) is 0.926. The predicted molar refractivity (Wildman–Crippen MR) is 80.4 cm³/mol. The molecule has 3 heteroatoms. The van der Waals surface area contributed by atoms with E-state index in [1.54, 1.807) is 12.4 Å². The molecule has 2 aromatic rings. The van der Waals surface area contributed by atoms with Gasteiger partial charge in [0.15, 0.2) is 0 Å². The summed E-state index contributed by atoms with van der Waals surface area (Å²) in [6.45, 7) is 6.74. The van der Waals surface area contributed by atoms with Gasteiger partial charge >= 0.3 is 0 Å². The minimum absolute atomic E-state index is 0.0419. The Hall–Kier alpha value is -2.16. The minimum Gasteiger partial charge on any atom is -0.352 e. The van der Waals surface area contributed by atoms with E-state index in [0.29, 0.717) is 13.0 Å². The molecule has 2 rings (SSSR count). The van der Waals surface area contributed by atoms with E-state index >= 15 is 0 Å². The summed E-state index contributed by atoms with van der Waals surface area (Å²) < 4.78 is 0. The zero-order chi connectivity index (χ0) is 14.5. The van der Waals surface area contributed by atoms with E-state index in [4.69, 9.17) is 0 Å². The number of benzene rings is 1. The van der Waals surface area contributed by atoms with Gasteiger partial charge in [-0.25, -0.2) is 0 Å². The van der Waals surface area contributed by atoms with Crippen molar-refractivity contribution in [2.45, 2.75) is 33.7 Å². The highest BCUT2D eigenvalue weighted by molar-refractivity contribution is 5.79. The standard InChI is InChI=1S/C17H20N2O/c1-12-7-14(3)16(8-13(12)2)9-17(20)19-11-15-5-4-6-18-10-15/h4-8,10H,9,11H2,1-3H3,(H,19,20). The van der Waals surface area contributed by atoms with Gasteiger partial charge in [-0.3, -0.25) is 9.78 Å². The molecule has 1 N–H and O–H groups in total. The fourth-order valence-electron chi connectivity index (χ4n) is 2.15. The molecule has 0 atom stereocenters. The summed E-state index contributed by atoms with van der Waals surface area (Å²) >= 11 is 0. The first kappa shape index (κ1) is 14.3. The number of hydrogen-bond donors (Lipinski definition) is 1. The lowest BCUT2D eigenvalue weighted by molar-refractivity contribution is -0.120. The topological polar surface area (TPSA) is 42.0 Å². The Morgan fingerprint density at radius 1 is 1.15 bits per heavy atom. The second kappa shape index (κ2) is 6.33. The Kier molecular flexibility index (Phi) is 4.51. The lowest BCUT2D eigenvalue weighted by Gasteiger charge is -2.10. The summed E-state index contributed by atoms with van der Waals surface area (Å²) in [4.78, 5) is 16.0. The first-order valence-electron chi connectivity index (χ1n) is 6.78. The molecule has 0 spiro atoms. The largest absolute Gasteiger partial charge is 0.352 e. The molecule has 1 heterocycles. The van der Waals surface area contributed by atoms with E-state index < -0.39 is 0 Å². The van der Waals surface area contributed by atoms with Crippen LogP contribution in [0, 0.1) is 20.8 Å². The van der Waals surface area contributed by atoms with E-state index in [0.717, 1.165) is 11.1 Å². The third kappa shape index (κ3) is 3.67. The van der Waals surface area contributed by atoms with Crippen LogP contribution in [0.15, 0.2) is 36.7 Å². The first-order chi connectivity index (χ1) is 9.56. The van der Waals surface area contributed by atoms with E-state index in [2.05, 4.69) is 43.2 Å². The van der Waals surface area contributed by atoms with Gasteiger partial charge in [-0.05, 0) is 54.7 Å². The van der Waals surface area contributed by atoms with Crippen LogP contribution in [0.5, 0.6) is 0 Å². The van der Waals surface area contributed by atoms with E-state index in [9.17, 15) is 4.79 Å². The summed E-state index contributed by atoms with van der Waals surface area (Å²) in [5.74, 6) is 0.0419. The summed E-state index contributed by atoms with van der Waals surface area (Å²) in [6, 6.07) is 8.07. The van der Waals surface area contributed by atoms with E-state index in [1.807, 2.05) is 12.1 Å². The maximum atomic E-state index is 12.0. The van der Waals surface area contributed by atoms with Gasteiger partial charge in [-0.2, -0.15) is 0 Å². The number of nitrogens with one attached hydrogen (secondary N) is 1. The van der Waals surface area contributed by atoms with Crippen molar-refractivity contribution in [1.82, 2.24) is 10.3 Å². The number of hydrogen-bond acceptors (Lipinski definition) is 2. The highest BCUT2D eigenvalue weighted by atomic mass is 16.1. The smallest absolute Gasteiger partial charge is 0.224 e. The van der Waals surface area contributed by atoms with E-state index in [1.165, 1.54) is 16.7 Å². The number of aromatic nitrogens is 1. The molecule has 0 saturated carbocycles. The normalized spacial score (nSPS) is 10.3. The third-order valence-corrected chi connectivity index (χ3v) is 3.52. The lowest BCUT2D eigenvalue weighted by Crippen LogP contribution is -2.25. The van der Waals surface area contributed by atoms with Crippen LogP contribution >= 0.6 is 0 Å². The molecule has 0 fully saturated rings. The Morgan fingerprint density at radius 2 is 1.90 bits per heavy atom. The van der Waals surface area contributed by atoms with Crippen LogP contribution in [-0.2, 0) is 17.8 Å². The molecular weight excluding hydrogens is 248 g/mol. The van der Waals surface area contributed by atoms with Gasteiger partial charge in [0.1, 0.15) is 0 Å². The molecule has 0 aliphatic rings. The molecule has 0 aliphatic carbocycles. The van der Waals surface area contributed by atoms with Crippen LogP contribution in [-0.4, -0.2) is 10.9 Å². The fourth-order valence-corrected chi connectivity index (χ4v) is 2.15. The Labute approximate surface area is 120 Å². The molecule has 1 aromatic heterocycles. The van der Waals surface area contributed by atoms with Crippen LogP contribution in [0.3, 0.4) is 0 Å². The summed E-state index contributed by atoms with van der Waals surface area (Å²) in [7, 11) is 0. The highest BCUT2D eigenvalue weighted by Crippen LogP contribution is 2.15. The van der Waals surface area contributed by atoms with Crippen LogP contribution in [0.1, 0.15) is 27.8 Å². The predicted octanol–water partition coefficient (Wildman–Crippen LogP) is 2.87. The number of carbonyl (C=O) groups excluding carboxylic acids is 1. The van der Waals surface area contributed by atoms with Crippen molar-refractivity contribution >= 4 is 5.91 Å². The molecule has 0 radical (unpaired) electrons. The maximum Gasteiger partial charge on any atom is 0.224 e.